The largest absolute Gasteiger partial charge is 0.489 e. The number of amides is 2. The van der Waals surface area contributed by atoms with Crippen LogP contribution in [0.3, 0.4) is 0 Å². The normalized spacial score (nSPS) is 15.0. The summed E-state index contributed by atoms with van der Waals surface area (Å²) in [5.41, 5.74) is 3.99. The highest BCUT2D eigenvalue weighted by atomic mass is 79.9. The molecular formula is C25H20BrNO3S. The smallest absolute Gasteiger partial charge is 0.293 e. The second-order valence-corrected chi connectivity index (χ2v) is 9.05. The maximum Gasteiger partial charge on any atom is 0.293 e. The molecular weight excluding hydrogens is 474 g/mol. The first-order chi connectivity index (χ1) is 15.0. The van der Waals surface area contributed by atoms with Crippen LogP contribution < -0.4 is 4.74 Å². The van der Waals surface area contributed by atoms with E-state index in [9.17, 15) is 9.59 Å². The lowest BCUT2D eigenvalue weighted by atomic mass is 10.1. The van der Waals surface area contributed by atoms with Crippen LogP contribution in [0.15, 0.2) is 82.2 Å². The average molecular weight is 494 g/mol. The Balaban J connectivity index is 1.46. The van der Waals surface area contributed by atoms with Crippen molar-refractivity contribution in [3.8, 4) is 5.75 Å². The highest BCUT2D eigenvalue weighted by Gasteiger charge is 2.35. The number of carbonyl (C=O) groups is 2. The summed E-state index contributed by atoms with van der Waals surface area (Å²) in [6.07, 6.45) is 1.74. The first-order valence-corrected chi connectivity index (χ1v) is 11.4. The van der Waals surface area contributed by atoms with E-state index in [0.29, 0.717) is 17.3 Å². The third kappa shape index (κ3) is 5.27. The van der Waals surface area contributed by atoms with Crippen molar-refractivity contribution in [2.75, 3.05) is 0 Å². The van der Waals surface area contributed by atoms with Crippen LogP contribution in [-0.2, 0) is 17.9 Å². The predicted octanol–water partition coefficient (Wildman–Crippen LogP) is 6.57. The molecule has 0 aliphatic carbocycles. The number of thioether (sulfide) groups is 1. The van der Waals surface area contributed by atoms with E-state index in [1.54, 1.807) is 6.08 Å². The van der Waals surface area contributed by atoms with Crippen molar-refractivity contribution >= 4 is 44.9 Å². The fraction of sp³-hybridized carbons (Fsp3) is 0.120. The number of carbonyl (C=O) groups excluding carboxylic acids is 2. The molecule has 1 aliphatic heterocycles. The van der Waals surface area contributed by atoms with E-state index in [-0.39, 0.29) is 17.7 Å². The topological polar surface area (TPSA) is 46.6 Å². The van der Waals surface area contributed by atoms with Gasteiger partial charge in [0.25, 0.3) is 11.1 Å². The van der Waals surface area contributed by atoms with Gasteiger partial charge in [0, 0.05) is 4.47 Å². The molecule has 0 N–H and O–H groups in total. The molecule has 0 spiro atoms. The first kappa shape index (κ1) is 21.4. The van der Waals surface area contributed by atoms with Crippen LogP contribution >= 0.6 is 27.7 Å². The van der Waals surface area contributed by atoms with Crippen LogP contribution in [-0.4, -0.2) is 16.0 Å². The van der Waals surface area contributed by atoms with Crippen molar-refractivity contribution < 1.29 is 14.3 Å². The molecule has 2 amide bonds. The minimum atomic E-state index is -0.281. The molecule has 0 atom stereocenters. The minimum absolute atomic E-state index is 0.239. The first-order valence-electron chi connectivity index (χ1n) is 9.77. The lowest BCUT2D eigenvalue weighted by Gasteiger charge is -2.13. The number of imide groups is 1. The SMILES string of the molecule is Cc1ccc(COc2cccc(/C=C3\SC(=O)N(Cc4ccccc4Br)C3=O)c2)cc1. The van der Waals surface area contributed by atoms with Gasteiger partial charge in [-0.15, -0.1) is 0 Å². The van der Waals surface area contributed by atoms with Gasteiger partial charge in [0.05, 0.1) is 11.4 Å². The Labute approximate surface area is 194 Å². The van der Waals surface area contributed by atoms with Gasteiger partial charge in [0.15, 0.2) is 0 Å². The van der Waals surface area contributed by atoms with Crippen molar-refractivity contribution in [1.29, 1.82) is 0 Å². The summed E-state index contributed by atoms with van der Waals surface area (Å²) in [5, 5.41) is -0.265. The van der Waals surface area contributed by atoms with Gasteiger partial charge in [0.2, 0.25) is 0 Å². The van der Waals surface area contributed by atoms with Crippen LogP contribution in [0.1, 0.15) is 22.3 Å². The number of aryl methyl sites for hydroxylation is 1. The van der Waals surface area contributed by atoms with Gasteiger partial charge < -0.3 is 4.74 Å². The quantitative estimate of drug-likeness (QED) is 0.364. The Morgan fingerprint density at radius 2 is 1.77 bits per heavy atom. The number of hydrogen-bond acceptors (Lipinski definition) is 4. The van der Waals surface area contributed by atoms with Crippen LogP contribution in [0, 0.1) is 6.92 Å². The Hall–Kier alpha value is -2.83. The van der Waals surface area contributed by atoms with Gasteiger partial charge in [-0.05, 0) is 59.7 Å². The second kappa shape index (κ2) is 9.54. The molecule has 1 aliphatic rings. The van der Waals surface area contributed by atoms with Crippen LogP contribution in [0.4, 0.5) is 4.79 Å². The number of halogens is 1. The van der Waals surface area contributed by atoms with Crippen molar-refractivity contribution in [1.82, 2.24) is 4.90 Å². The monoisotopic (exact) mass is 493 g/mol. The third-order valence-electron chi connectivity index (χ3n) is 4.84. The zero-order valence-corrected chi connectivity index (χ0v) is 19.3. The molecule has 0 unspecified atom stereocenters. The van der Waals surface area contributed by atoms with Crippen molar-refractivity contribution in [3.63, 3.8) is 0 Å². The number of rotatable bonds is 6. The van der Waals surface area contributed by atoms with Gasteiger partial charge in [-0.2, -0.15) is 0 Å². The summed E-state index contributed by atoms with van der Waals surface area (Å²) >= 11 is 4.43. The van der Waals surface area contributed by atoms with Crippen LogP contribution in [0.2, 0.25) is 0 Å². The van der Waals surface area contributed by atoms with E-state index in [0.717, 1.165) is 32.9 Å². The van der Waals surface area contributed by atoms with Crippen LogP contribution in [0.25, 0.3) is 6.08 Å². The van der Waals surface area contributed by atoms with Gasteiger partial charge in [-0.3, -0.25) is 14.5 Å². The lowest BCUT2D eigenvalue weighted by Crippen LogP contribution is -2.27. The Morgan fingerprint density at radius 1 is 1.00 bits per heavy atom. The van der Waals surface area contributed by atoms with Crippen molar-refractivity contribution in [3.05, 3.63) is 104 Å². The van der Waals surface area contributed by atoms with E-state index in [1.807, 2.05) is 60.7 Å². The molecule has 6 heteroatoms. The highest BCUT2D eigenvalue weighted by Crippen LogP contribution is 2.34. The number of benzene rings is 3. The maximum atomic E-state index is 12.8. The van der Waals surface area contributed by atoms with Crippen molar-refractivity contribution in [2.24, 2.45) is 0 Å². The predicted molar refractivity (Wildman–Crippen MR) is 128 cm³/mol. The molecule has 1 saturated heterocycles. The van der Waals surface area contributed by atoms with E-state index in [4.69, 9.17) is 4.74 Å². The molecule has 3 aromatic rings. The molecule has 1 heterocycles. The second-order valence-electron chi connectivity index (χ2n) is 7.21. The summed E-state index contributed by atoms with van der Waals surface area (Å²) < 4.78 is 6.77. The average Bonchev–Trinajstić information content (AvgIpc) is 3.02. The molecule has 4 rings (SSSR count). The Bertz CT molecular complexity index is 1160. The molecule has 31 heavy (non-hydrogen) atoms. The standard InChI is InChI=1S/C25H20BrNO3S/c1-17-9-11-18(12-10-17)16-30-21-7-4-5-19(13-21)14-23-24(28)27(25(29)31-23)15-20-6-2-3-8-22(20)26/h2-14H,15-16H2,1H3/b23-14-. The summed E-state index contributed by atoms with van der Waals surface area (Å²) in [7, 11) is 0. The summed E-state index contributed by atoms with van der Waals surface area (Å²) in [6, 6.07) is 23.3. The molecule has 4 nitrogen and oxygen atoms in total. The van der Waals surface area contributed by atoms with Gasteiger partial charge in [-0.1, -0.05) is 76.1 Å². The van der Waals surface area contributed by atoms with Gasteiger partial charge in [-0.25, -0.2) is 0 Å². The molecule has 0 radical (unpaired) electrons. The third-order valence-corrected chi connectivity index (χ3v) is 6.52. The van der Waals surface area contributed by atoms with E-state index in [2.05, 4.69) is 35.0 Å². The molecule has 0 aromatic heterocycles. The molecule has 0 saturated carbocycles. The Morgan fingerprint density at radius 3 is 2.55 bits per heavy atom. The number of nitrogens with zero attached hydrogens (tertiary/aromatic N) is 1. The summed E-state index contributed by atoms with van der Waals surface area (Å²) in [6.45, 7) is 2.75. The molecule has 0 bridgehead atoms. The van der Waals surface area contributed by atoms with E-state index in [1.165, 1.54) is 10.5 Å². The molecule has 3 aromatic carbocycles. The molecule has 1 fully saturated rings. The highest BCUT2D eigenvalue weighted by molar-refractivity contribution is 9.10. The zero-order valence-electron chi connectivity index (χ0n) is 16.9. The zero-order chi connectivity index (χ0) is 21.8. The van der Waals surface area contributed by atoms with Gasteiger partial charge >= 0.3 is 0 Å². The summed E-state index contributed by atoms with van der Waals surface area (Å²) in [5.74, 6) is 0.429. The van der Waals surface area contributed by atoms with Crippen LogP contribution in [0.5, 0.6) is 5.75 Å². The minimum Gasteiger partial charge on any atom is -0.489 e. The van der Waals surface area contributed by atoms with Gasteiger partial charge in [0.1, 0.15) is 12.4 Å². The molecule has 156 valence electrons. The van der Waals surface area contributed by atoms with Crippen molar-refractivity contribution in [2.45, 2.75) is 20.1 Å². The summed E-state index contributed by atoms with van der Waals surface area (Å²) in [4.78, 5) is 26.9. The fourth-order valence-corrected chi connectivity index (χ4v) is 4.38. The number of hydrogen-bond donors (Lipinski definition) is 0. The lowest BCUT2D eigenvalue weighted by molar-refractivity contribution is -0.123. The number of ether oxygens (including phenoxy) is 1. The Kier molecular flexibility index (Phi) is 6.59. The van der Waals surface area contributed by atoms with E-state index < -0.39 is 0 Å². The van der Waals surface area contributed by atoms with E-state index >= 15 is 0 Å². The fourth-order valence-electron chi connectivity index (χ4n) is 3.13. The maximum absolute atomic E-state index is 12.8.